The second-order valence-corrected chi connectivity index (χ2v) is 8.85. The number of ether oxygens (including phenoxy) is 2. The van der Waals surface area contributed by atoms with Gasteiger partial charge in [0.05, 0.1) is 20.8 Å². The van der Waals surface area contributed by atoms with Crippen LogP contribution in [0.1, 0.15) is 28.3 Å². The Labute approximate surface area is 194 Å². The summed E-state index contributed by atoms with van der Waals surface area (Å²) in [7, 11) is 3.39. The predicted molar refractivity (Wildman–Crippen MR) is 130 cm³/mol. The molecule has 4 aromatic rings. The van der Waals surface area contributed by atoms with Crippen LogP contribution in [0.4, 0.5) is 0 Å². The molecule has 32 heavy (non-hydrogen) atoms. The minimum atomic E-state index is 0.170. The number of benzene rings is 4. The first-order chi connectivity index (χ1) is 15.7. The molecular formula is C28H27ClNO2+. The lowest BCUT2D eigenvalue weighted by molar-refractivity contribution is -0.941. The standard InChI is InChI=1S/C28H26ClNO2/c1-31-26-16-22-12-13-30(18-19-10-11-20-6-3-4-7-21(20)14-19)28(25(22)17-27(26)32-2)23-8-5-9-24(29)15-23/h3-11,14-17,28H,12-13,18H2,1-2H3/p+1/t28-/m1/s1. The second-order valence-electron chi connectivity index (χ2n) is 8.41. The molecule has 162 valence electrons. The van der Waals surface area contributed by atoms with Crippen LogP contribution in [0.5, 0.6) is 11.5 Å². The van der Waals surface area contributed by atoms with Crippen molar-refractivity contribution in [1.29, 1.82) is 0 Å². The fraction of sp³-hybridized carbons (Fsp3) is 0.214. The Bertz CT molecular complexity index is 1270. The van der Waals surface area contributed by atoms with Gasteiger partial charge in [-0.2, -0.15) is 0 Å². The maximum absolute atomic E-state index is 6.42. The van der Waals surface area contributed by atoms with Crippen LogP contribution in [0.25, 0.3) is 10.8 Å². The number of quaternary nitrogens is 1. The van der Waals surface area contributed by atoms with Crippen LogP contribution >= 0.6 is 11.6 Å². The van der Waals surface area contributed by atoms with Crippen LogP contribution in [-0.2, 0) is 13.0 Å². The summed E-state index contributed by atoms with van der Waals surface area (Å²) in [5.74, 6) is 1.55. The van der Waals surface area contributed by atoms with Crippen LogP contribution in [0.15, 0.2) is 78.9 Å². The van der Waals surface area contributed by atoms with E-state index < -0.39 is 0 Å². The third kappa shape index (κ3) is 3.94. The van der Waals surface area contributed by atoms with Crippen LogP contribution < -0.4 is 14.4 Å². The largest absolute Gasteiger partial charge is 0.493 e. The van der Waals surface area contributed by atoms with E-state index in [0.717, 1.165) is 36.0 Å². The Hall–Kier alpha value is -3.01. The Balaban J connectivity index is 1.58. The van der Waals surface area contributed by atoms with Gasteiger partial charge in [0.2, 0.25) is 0 Å². The molecule has 1 heterocycles. The summed E-state index contributed by atoms with van der Waals surface area (Å²) >= 11 is 6.42. The van der Waals surface area contributed by atoms with Gasteiger partial charge in [-0.25, -0.2) is 0 Å². The minimum Gasteiger partial charge on any atom is -0.493 e. The van der Waals surface area contributed by atoms with E-state index in [2.05, 4.69) is 66.7 Å². The van der Waals surface area contributed by atoms with Gasteiger partial charge >= 0.3 is 0 Å². The van der Waals surface area contributed by atoms with E-state index in [1.54, 1.807) is 14.2 Å². The first kappa shape index (κ1) is 20.9. The molecule has 0 bridgehead atoms. The average Bonchev–Trinajstić information content (AvgIpc) is 2.83. The van der Waals surface area contributed by atoms with Gasteiger partial charge in [-0.1, -0.05) is 60.1 Å². The lowest BCUT2D eigenvalue weighted by Crippen LogP contribution is -3.12. The van der Waals surface area contributed by atoms with E-state index in [4.69, 9.17) is 21.1 Å². The number of fused-ring (bicyclic) bond motifs is 2. The van der Waals surface area contributed by atoms with E-state index >= 15 is 0 Å². The molecule has 1 aliphatic heterocycles. The zero-order valence-corrected chi connectivity index (χ0v) is 19.2. The second kappa shape index (κ2) is 8.85. The number of hydrogen-bond donors (Lipinski definition) is 1. The Morgan fingerprint density at radius 3 is 2.41 bits per heavy atom. The van der Waals surface area contributed by atoms with Crippen molar-refractivity contribution in [2.75, 3.05) is 20.8 Å². The molecule has 0 saturated heterocycles. The zero-order valence-electron chi connectivity index (χ0n) is 18.4. The summed E-state index contributed by atoms with van der Waals surface area (Å²) in [6, 6.07) is 28.1. The smallest absolute Gasteiger partial charge is 0.161 e. The van der Waals surface area contributed by atoms with E-state index in [-0.39, 0.29) is 6.04 Å². The van der Waals surface area contributed by atoms with Crippen molar-refractivity contribution >= 4 is 22.4 Å². The van der Waals surface area contributed by atoms with Crippen LogP contribution in [0.2, 0.25) is 5.02 Å². The van der Waals surface area contributed by atoms with Crippen molar-refractivity contribution in [1.82, 2.24) is 0 Å². The van der Waals surface area contributed by atoms with Crippen LogP contribution in [0, 0.1) is 0 Å². The Kier molecular flexibility index (Phi) is 5.77. The normalized spacial score (nSPS) is 17.7. The SMILES string of the molecule is COc1cc2c(cc1OC)[C@@H](c1cccc(Cl)c1)[NH+](Cc1ccc3ccccc3c1)CC2. The van der Waals surface area contributed by atoms with Gasteiger partial charge in [0.25, 0.3) is 0 Å². The molecular weight excluding hydrogens is 418 g/mol. The molecule has 1 N–H and O–H groups in total. The van der Waals surface area contributed by atoms with Crippen molar-refractivity contribution in [2.24, 2.45) is 0 Å². The highest BCUT2D eigenvalue weighted by molar-refractivity contribution is 6.30. The van der Waals surface area contributed by atoms with Gasteiger partial charge in [-0.05, 0) is 46.7 Å². The van der Waals surface area contributed by atoms with Gasteiger partial charge in [-0.3, -0.25) is 0 Å². The number of rotatable bonds is 5. The van der Waals surface area contributed by atoms with Gasteiger partial charge < -0.3 is 14.4 Å². The molecule has 0 fully saturated rings. The average molecular weight is 445 g/mol. The summed E-state index contributed by atoms with van der Waals surface area (Å²) in [6.45, 7) is 1.97. The Morgan fingerprint density at radius 2 is 1.62 bits per heavy atom. The molecule has 5 rings (SSSR count). The van der Waals surface area contributed by atoms with Gasteiger partial charge in [0.1, 0.15) is 12.6 Å². The van der Waals surface area contributed by atoms with Gasteiger partial charge in [0, 0.05) is 28.1 Å². The van der Waals surface area contributed by atoms with Crippen molar-refractivity contribution in [3.05, 3.63) is 106 Å². The van der Waals surface area contributed by atoms with Crippen molar-refractivity contribution in [3.63, 3.8) is 0 Å². The number of halogens is 1. The lowest BCUT2D eigenvalue weighted by atomic mass is 9.87. The van der Waals surface area contributed by atoms with E-state index in [1.165, 1.54) is 37.9 Å². The van der Waals surface area contributed by atoms with Gasteiger partial charge in [0.15, 0.2) is 11.5 Å². The van der Waals surface area contributed by atoms with E-state index in [1.807, 2.05) is 12.1 Å². The molecule has 1 aliphatic rings. The molecule has 3 nitrogen and oxygen atoms in total. The third-order valence-electron chi connectivity index (χ3n) is 6.51. The highest BCUT2D eigenvalue weighted by atomic mass is 35.5. The van der Waals surface area contributed by atoms with Crippen molar-refractivity contribution in [2.45, 2.75) is 19.0 Å². The van der Waals surface area contributed by atoms with Crippen LogP contribution in [-0.4, -0.2) is 20.8 Å². The van der Waals surface area contributed by atoms with E-state index in [0.29, 0.717) is 0 Å². The number of hydrogen-bond acceptors (Lipinski definition) is 2. The fourth-order valence-electron chi connectivity index (χ4n) is 4.98. The predicted octanol–water partition coefficient (Wildman–Crippen LogP) is 5.24. The molecule has 2 atom stereocenters. The first-order valence-corrected chi connectivity index (χ1v) is 11.4. The molecule has 0 spiro atoms. The molecule has 0 saturated carbocycles. The molecule has 1 unspecified atom stereocenters. The summed E-state index contributed by atoms with van der Waals surface area (Å²) in [6.07, 6.45) is 0.996. The fourth-order valence-corrected chi connectivity index (χ4v) is 5.18. The quantitative estimate of drug-likeness (QED) is 0.455. The maximum Gasteiger partial charge on any atom is 0.161 e. The number of methoxy groups -OCH3 is 2. The molecule has 0 amide bonds. The minimum absolute atomic E-state index is 0.170. The number of nitrogens with one attached hydrogen (secondary N) is 1. The summed E-state index contributed by atoms with van der Waals surface area (Å²) in [5.41, 5.74) is 5.16. The van der Waals surface area contributed by atoms with Gasteiger partial charge in [-0.15, -0.1) is 0 Å². The molecule has 4 aromatic carbocycles. The highest BCUT2D eigenvalue weighted by Gasteiger charge is 2.34. The molecule has 4 heteroatoms. The summed E-state index contributed by atoms with van der Waals surface area (Å²) in [4.78, 5) is 1.50. The molecule has 0 aromatic heterocycles. The van der Waals surface area contributed by atoms with Crippen molar-refractivity contribution < 1.29 is 14.4 Å². The highest BCUT2D eigenvalue weighted by Crippen LogP contribution is 2.36. The van der Waals surface area contributed by atoms with E-state index in [9.17, 15) is 0 Å². The zero-order chi connectivity index (χ0) is 22.1. The molecule has 0 aliphatic carbocycles. The first-order valence-electron chi connectivity index (χ1n) is 11.0. The van der Waals surface area contributed by atoms with Crippen molar-refractivity contribution in [3.8, 4) is 11.5 Å². The summed E-state index contributed by atoms with van der Waals surface area (Å²) in [5, 5.41) is 3.33. The lowest BCUT2D eigenvalue weighted by Gasteiger charge is -2.35. The Morgan fingerprint density at radius 1 is 0.844 bits per heavy atom. The maximum atomic E-state index is 6.42. The summed E-state index contributed by atoms with van der Waals surface area (Å²) < 4.78 is 11.2. The topological polar surface area (TPSA) is 22.9 Å². The third-order valence-corrected chi connectivity index (χ3v) is 6.74. The molecule has 0 radical (unpaired) electrons. The van der Waals surface area contributed by atoms with Crippen LogP contribution in [0.3, 0.4) is 0 Å². The monoisotopic (exact) mass is 444 g/mol.